The molecule has 3 atom stereocenters. The molecule has 1 heterocycles. The van der Waals surface area contributed by atoms with Gasteiger partial charge in [-0.1, -0.05) is 25.1 Å². The molecule has 1 aliphatic carbocycles. The normalized spacial score (nSPS) is 19.9. The van der Waals surface area contributed by atoms with Crippen molar-refractivity contribution in [3.63, 3.8) is 0 Å². The van der Waals surface area contributed by atoms with Crippen molar-refractivity contribution in [2.24, 2.45) is 5.92 Å². The molecular formula is C23H29F4N3O4. The predicted molar refractivity (Wildman–Crippen MR) is 115 cm³/mol. The van der Waals surface area contributed by atoms with Crippen LogP contribution in [0.1, 0.15) is 61.1 Å². The van der Waals surface area contributed by atoms with Crippen LogP contribution in [-0.4, -0.2) is 46.1 Å². The lowest BCUT2D eigenvalue weighted by Crippen LogP contribution is -2.41. The number of nitrogens with zero attached hydrogens (tertiary/aromatic N) is 1. The zero-order valence-electron chi connectivity index (χ0n) is 19.0. The van der Waals surface area contributed by atoms with Crippen molar-refractivity contribution in [2.75, 3.05) is 6.61 Å². The first-order chi connectivity index (χ1) is 16.0. The Morgan fingerprint density at radius 1 is 1.29 bits per heavy atom. The van der Waals surface area contributed by atoms with Gasteiger partial charge in [-0.3, -0.25) is 4.79 Å². The molecule has 0 aliphatic heterocycles. The predicted octanol–water partition coefficient (Wildman–Crippen LogP) is 3.64. The number of nitrogens with one attached hydrogen (secondary N) is 2. The van der Waals surface area contributed by atoms with Gasteiger partial charge in [-0.15, -0.1) is 0 Å². The molecule has 3 rings (SSSR count). The Balaban J connectivity index is 1.93. The largest absolute Gasteiger partial charge is 0.419 e. The second-order valence-electron chi connectivity index (χ2n) is 8.94. The van der Waals surface area contributed by atoms with Gasteiger partial charge in [0.25, 0.3) is 5.91 Å². The quantitative estimate of drug-likeness (QED) is 0.424. The van der Waals surface area contributed by atoms with Crippen molar-refractivity contribution in [3.05, 3.63) is 40.8 Å². The highest BCUT2D eigenvalue weighted by Gasteiger charge is 2.35. The number of aliphatic hydroxyl groups is 2. The Hall–Kier alpha value is -2.50. The van der Waals surface area contributed by atoms with Gasteiger partial charge < -0.3 is 25.4 Å². The monoisotopic (exact) mass is 487 g/mol. The summed E-state index contributed by atoms with van der Waals surface area (Å²) >= 11 is 0. The van der Waals surface area contributed by atoms with Crippen molar-refractivity contribution >= 4 is 5.91 Å². The Kier molecular flexibility index (Phi) is 8.32. The molecule has 4 N–H and O–H groups in total. The highest BCUT2D eigenvalue weighted by molar-refractivity contribution is 5.95. The van der Waals surface area contributed by atoms with Crippen molar-refractivity contribution in [3.8, 4) is 11.3 Å². The third-order valence-electron chi connectivity index (χ3n) is 6.06. The summed E-state index contributed by atoms with van der Waals surface area (Å²) in [5.41, 5.74) is -1.29. The highest BCUT2D eigenvalue weighted by Crippen LogP contribution is 2.35. The molecule has 0 radical (unpaired) electrons. The van der Waals surface area contributed by atoms with Crippen molar-refractivity contribution < 1.29 is 37.1 Å². The third-order valence-corrected chi connectivity index (χ3v) is 6.06. The van der Waals surface area contributed by atoms with Gasteiger partial charge in [0.2, 0.25) is 0 Å². The van der Waals surface area contributed by atoms with Gasteiger partial charge in [0.15, 0.2) is 11.5 Å². The van der Waals surface area contributed by atoms with E-state index in [1.807, 2.05) is 13.8 Å². The Morgan fingerprint density at radius 2 is 2.03 bits per heavy atom. The summed E-state index contributed by atoms with van der Waals surface area (Å²) in [6, 6.07) is 1.76. The van der Waals surface area contributed by atoms with Gasteiger partial charge in [0.05, 0.1) is 18.3 Å². The molecule has 11 heteroatoms. The number of rotatable bonds is 8. The lowest BCUT2D eigenvalue weighted by atomic mass is 9.93. The summed E-state index contributed by atoms with van der Waals surface area (Å²) in [6.07, 6.45) is -2.87. The van der Waals surface area contributed by atoms with Crippen LogP contribution in [0.15, 0.2) is 22.7 Å². The van der Waals surface area contributed by atoms with Crippen LogP contribution in [0.4, 0.5) is 17.6 Å². The molecule has 34 heavy (non-hydrogen) atoms. The van der Waals surface area contributed by atoms with Crippen LogP contribution >= 0.6 is 0 Å². The van der Waals surface area contributed by atoms with Crippen LogP contribution in [0, 0.1) is 11.7 Å². The maximum Gasteiger partial charge on any atom is 0.419 e. The van der Waals surface area contributed by atoms with Gasteiger partial charge in [0, 0.05) is 29.8 Å². The van der Waals surface area contributed by atoms with Gasteiger partial charge in [-0.25, -0.2) is 4.39 Å². The average Bonchev–Trinajstić information content (AvgIpc) is 3.17. The van der Waals surface area contributed by atoms with Gasteiger partial charge in [0.1, 0.15) is 5.82 Å². The first kappa shape index (κ1) is 26.1. The second-order valence-corrected chi connectivity index (χ2v) is 8.94. The van der Waals surface area contributed by atoms with Crippen molar-refractivity contribution in [1.82, 2.24) is 15.8 Å². The SMILES string of the molecule is CC(C)[C@H](CO)NCc1c(C(=O)N[C@H]2CCC[C@@H](O)C2)noc1-c1ccc(C(F)(F)F)c(F)c1. The smallest absolute Gasteiger partial charge is 0.395 e. The van der Waals surface area contributed by atoms with E-state index >= 15 is 0 Å². The van der Waals surface area contributed by atoms with Crippen LogP contribution in [0.25, 0.3) is 11.3 Å². The fourth-order valence-electron chi connectivity index (χ4n) is 4.06. The summed E-state index contributed by atoms with van der Waals surface area (Å²) in [6.45, 7) is 3.58. The van der Waals surface area contributed by atoms with Gasteiger partial charge >= 0.3 is 6.18 Å². The Morgan fingerprint density at radius 3 is 2.62 bits per heavy atom. The molecular weight excluding hydrogens is 458 g/mol. The number of benzene rings is 1. The lowest BCUT2D eigenvalue weighted by Gasteiger charge is -2.26. The van der Waals surface area contributed by atoms with Crippen LogP contribution < -0.4 is 10.6 Å². The summed E-state index contributed by atoms with van der Waals surface area (Å²) in [7, 11) is 0. The first-order valence-electron chi connectivity index (χ1n) is 11.2. The van der Waals surface area contributed by atoms with Crippen LogP contribution in [0.2, 0.25) is 0 Å². The minimum absolute atomic E-state index is 0.000919. The maximum atomic E-state index is 14.2. The van der Waals surface area contributed by atoms with Gasteiger partial charge in [-0.2, -0.15) is 13.2 Å². The molecule has 188 valence electrons. The molecule has 0 spiro atoms. The van der Waals surface area contributed by atoms with Gasteiger partial charge in [-0.05, 0) is 43.7 Å². The summed E-state index contributed by atoms with van der Waals surface area (Å²) < 4.78 is 58.4. The molecule has 1 fully saturated rings. The number of carbonyl (C=O) groups is 1. The van der Waals surface area contributed by atoms with Crippen molar-refractivity contribution in [2.45, 2.75) is 70.4 Å². The third kappa shape index (κ3) is 6.13. The molecule has 0 bridgehead atoms. The van der Waals surface area contributed by atoms with E-state index in [4.69, 9.17) is 4.52 Å². The Bertz CT molecular complexity index is 993. The molecule has 7 nitrogen and oxygen atoms in total. The highest BCUT2D eigenvalue weighted by atomic mass is 19.4. The zero-order chi connectivity index (χ0) is 25.0. The van der Waals surface area contributed by atoms with E-state index in [2.05, 4.69) is 15.8 Å². The molecule has 1 saturated carbocycles. The minimum Gasteiger partial charge on any atom is -0.395 e. The van der Waals surface area contributed by atoms with E-state index in [1.54, 1.807) is 0 Å². The molecule has 1 aromatic carbocycles. The van der Waals surface area contributed by atoms with E-state index in [0.29, 0.717) is 31.4 Å². The first-order valence-corrected chi connectivity index (χ1v) is 11.2. The maximum absolute atomic E-state index is 14.2. The molecule has 1 aliphatic rings. The van der Waals surface area contributed by atoms with E-state index in [0.717, 1.165) is 12.5 Å². The summed E-state index contributed by atoms with van der Waals surface area (Å²) in [5.74, 6) is -2.05. The molecule has 0 unspecified atom stereocenters. The second kappa shape index (κ2) is 10.8. The van der Waals surface area contributed by atoms with Crippen LogP contribution in [-0.2, 0) is 12.7 Å². The zero-order valence-corrected chi connectivity index (χ0v) is 19.0. The van der Waals surface area contributed by atoms with Crippen LogP contribution in [0.3, 0.4) is 0 Å². The van der Waals surface area contributed by atoms with E-state index in [1.165, 1.54) is 0 Å². The summed E-state index contributed by atoms with van der Waals surface area (Å²) in [5, 5.41) is 29.2. The fraction of sp³-hybridized carbons (Fsp3) is 0.565. The van der Waals surface area contributed by atoms with Crippen LogP contribution in [0.5, 0.6) is 0 Å². The summed E-state index contributed by atoms with van der Waals surface area (Å²) in [4.78, 5) is 13.0. The standard InChI is InChI=1S/C23H29F4N3O4/c1-12(2)19(11-31)28-10-16-20(22(33)29-14-4-3-5-15(32)9-14)30-34-21(16)13-6-7-17(18(24)8-13)23(25,26)27/h6-8,12,14-15,19,28,31-32H,3-5,9-11H2,1-2H3,(H,29,33)/t14-,15+,19-/m0/s1. The average molecular weight is 487 g/mol. The Labute approximate surface area is 194 Å². The molecule has 1 amide bonds. The molecule has 0 saturated heterocycles. The van der Waals surface area contributed by atoms with E-state index < -0.39 is 29.6 Å². The molecule has 1 aromatic heterocycles. The molecule has 2 aromatic rings. The minimum atomic E-state index is -4.85. The number of amides is 1. The van der Waals surface area contributed by atoms with Crippen molar-refractivity contribution in [1.29, 1.82) is 0 Å². The number of hydrogen-bond donors (Lipinski definition) is 4. The topological polar surface area (TPSA) is 108 Å². The number of aliphatic hydroxyl groups excluding tert-OH is 2. The van der Waals surface area contributed by atoms with E-state index in [9.17, 15) is 32.6 Å². The fourth-order valence-corrected chi connectivity index (χ4v) is 4.06. The number of carbonyl (C=O) groups excluding carboxylic acids is 1. The lowest BCUT2D eigenvalue weighted by molar-refractivity contribution is -0.139. The number of alkyl halides is 3. The number of hydrogen-bond acceptors (Lipinski definition) is 6. The number of halogens is 4. The number of aromatic nitrogens is 1. The van der Waals surface area contributed by atoms with E-state index in [-0.39, 0.29) is 53.7 Å².